The summed E-state index contributed by atoms with van der Waals surface area (Å²) in [6, 6.07) is 16.1. The Bertz CT molecular complexity index is 1050. The Morgan fingerprint density at radius 2 is 1.77 bits per heavy atom. The van der Waals surface area contributed by atoms with Crippen molar-refractivity contribution in [2.45, 2.75) is 19.0 Å². The van der Waals surface area contributed by atoms with E-state index >= 15 is 0 Å². The summed E-state index contributed by atoms with van der Waals surface area (Å²) < 4.78 is 1.78. The number of aliphatic imine (C=N–C) groups is 1. The minimum Gasteiger partial charge on any atom is -0.493 e. The zero-order valence-corrected chi connectivity index (χ0v) is 15.7. The molecule has 1 aliphatic rings. The molecule has 0 aliphatic carbocycles. The van der Waals surface area contributed by atoms with Gasteiger partial charge in [0.25, 0.3) is 0 Å². The van der Waals surface area contributed by atoms with Crippen LogP contribution in [0.25, 0.3) is 17.3 Å². The number of hydrogen-bond acceptors (Lipinski definition) is 4. The second-order valence-corrected chi connectivity index (χ2v) is 7.02. The summed E-state index contributed by atoms with van der Waals surface area (Å²) in [5.74, 6) is 0.142. The molecule has 4 nitrogen and oxygen atoms in total. The molecule has 5 heteroatoms. The smallest absolute Gasteiger partial charge is 0.224 e. The van der Waals surface area contributed by atoms with Crippen LogP contribution in [0, 0.1) is 6.92 Å². The SMILES string of the molecule is CSc1nc(/C=C2\C(C)=Nc3ccccc32)c(O)n1-c1ccc(C)cc1. The van der Waals surface area contributed by atoms with Gasteiger partial charge in [0.15, 0.2) is 5.16 Å². The summed E-state index contributed by atoms with van der Waals surface area (Å²) in [6.07, 6.45) is 3.88. The Kier molecular flexibility index (Phi) is 4.17. The van der Waals surface area contributed by atoms with Crippen LogP contribution in [-0.2, 0) is 0 Å². The first-order chi connectivity index (χ1) is 12.6. The molecule has 3 aromatic rings. The third-order valence-corrected chi connectivity index (χ3v) is 5.12. The second-order valence-electron chi connectivity index (χ2n) is 6.25. The van der Waals surface area contributed by atoms with E-state index in [-0.39, 0.29) is 5.88 Å². The van der Waals surface area contributed by atoms with Gasteiger partial charge in [-0.25, -0.2) is 4.98 Å². The fourth-order valence-electron chi connectivity index (χ4n) is 3.12. The Morgan fingerprint density at radius 1 is 1.04 bits per heavy atom. The number of rotatable bonds is 3. The fraction of sp³-hybridized carbons (Fsp3) is 0.143. The van der Waals surface area contributed by atoms with Crippen LogP contribution in [0.1, 0.15) is 23.7 Å². The normalized spacial score (nSPS) is 14.6. The van der Waals surface area contributed by atoms with Crippen molar-refractivity contribution in [1.82, 2.24) is 9.55 Å². The van der Waals surface area contributed by atoms with Crippen molar-refractivity contribution in [1.29, 1.82) is 0 Å². The molecule has 2 heterocycles. The van der Waals surface area contributed by atoms with Gasteiger partial charge in [0.2, 0.25) is 5.88 Å². The number of benzene rings is 2. The Hall–Kier alpha value is -2.79. The molecule has 0 saturated carbocycles. The van der Waals surface area contributed by atoms with Gasteiger partial charge in [-0.15, -0.1) is 0 Å². The molecule has 130 valence electrons. The molecule has 0 bridgehead atoms. The number of thioether (sulfide) groups is 1. The molecule has 0 spiro atoms. The highest BCUT2D eigenvalue weighted by molar-refractivity contribution is 7.98. The summed E-state index contributed by atoms with van der Waals surface area (Å²) in [4.78, 5) is 9.25. The highest BCUT2D eigenvalue weighted by Crippen LogP contribution is 2.38. The quantitative estimate of drug-likeness (QED) is 0.648. The Labute approximate surface area is 156 Å². The standard InChI is InChI=1S/C21H19N3OS/c1-13-8-10-15(11-9-13)24-20(25)19(23-21(24)26-3)12-17-14(2)22-18-7-5-4-6-16(17)18/h4-12,25H,1-3H3/b17-12+. The van der Waals surface area contributed by atoms with Crippen LogP contribution < -0.4 is 0 Å². The van der Waals surface area contributed by atoms with Gasteiger partial charge in [-0.05, 0) is 44.4 Å². The molecule has 2 aromatic carbocycles. The summed E-state index contributed by atoms with van der Waals surface area (Å²) in [7, 11) is 0. The van der Waals surface area contributed by atoms with E-state index in [1.807, 2.05) is 74.7 Å². The van der Waals surface area contributed by atoms with E-state index in [2.05, 4.69) is 9.98 Å². The number of aromatic nitrogens is 2. The van der Waals surface area contributed by atoms with Gasteiger partial charge in [0.05, 0.1) is 11.4 Å². The van der Waals surface area contributed by atoms with Crippen LogP contribution in [0.5, 0.6) is 5.88 Å². The zero-order chi connectivity index (χ0) is 18.3. The monoisotopic (exact) mass is 361 g/mol. The average Bonchev–Trinajstić information content (AvgIpc) is 3.13. The van der Waals surface area contributed by atoms with Gasteiger partial charge in [-0.2, -0.15) is 0 Å². The molecule has 0 saturated heterocycles. The number of aromatic hydroxyl groups is 1. The van der Waals surface area contributed by atoms with Gasteiger partial charge >= 0.3 is 0 Å². The minimum absolute atomic E-state index is 0.142. The molecule has 0 fully saturated rings. The summed E-state index contributed by atoms with van der Waals surface area (Å²) in [5.41, 5.74) is 6.58. The van der Waals surface area contributed by atoms with E-state index in [0.717, 1.165) is 33.4 Å². The molecule has 26 heavy (non-hydrogen) atoms. The van der Waals surface area contributed by atoms with Crippen molar-refractivity contribution < 1.29 is 5.11 Å². The summed E-state index contributed by atoms with van der Waals surface area (Å²) in [5, 5.41) is 11.6. The average molecular weight is 361 g/mol. The third kappa shape index (κ3) is 2.74. The van der Waals surface area contributed by atoms with E-state index in [1.54, 1.807) is 4.57 Å². The molecular formula is C21H19N3OS. The zero-order valence-electron chi connectivity index (χ0n) is 14.9. The number of hydrogen-bond donors (Lipinski definition) is 1. The van der Waals surface area contributed by atoms with Gasteiger partial charge in [0.1, 0.15) is 5.69 Å². The van der Waals surface area contributed by atoms with Gasteiger partial charge in [0, 0.05) is 16.8 Å². The molecular weight excluding hydrogens is 342 g/mol. The van der Waals surface area contributed by atoms with Crippen molar-refractivity contribution >= 4 is 34.8 Å². The van der Waals surface area contributed by atoms with Gasteiger partial charge in [-0.1, -0.05) is 47.7 Å². The lowest BCUT2D eigenvalue weighted by atomic mass is 10.0. The van der Waals surface area contributed by atoms with E-state index < -0.39 is 0 Å². The number of aryl methyl sites for hydroxylation is 1. The maximum atomic E-state index is 10.9. The lowest BCUT2D eigenvalue weighted by Gasteiger charge is -2.07. The van der Waals surface area contributed by atoms with Crippen LogP contribution in [0.3, 0.4) is 0 Å². The summed E-state index contributed by atoms with van der Waals surface area (Å²) >= 11 is 1.51. The molecule has 1 aliphatic heterocycles. The molecule has 0 amide bonds. The van der Waals surface area contributed by atoms with Gasteiger partial charge in [-0.3, -0.25) is 9.56 Å². The van der Waals surface area contributed by atoms with E-state index in [1.165, 1.54) is 17.3 Å². The Balaban J connectivity index is 1.84. The summed E-state index contributed by atoms with van der Waals surface area (Å²) in [6.45, 7) is 4.03. The lowest BCUT2D eigenvalue weighted by Crippen LogP contribution is -1.95. The van der Waals surface area contributed by atoms with Crippen LogP contribution in [-0.4, -0.2) is 26.6 Å². The van der Waals surface area contributed by atoms with E-state index in [0.29, 0.717) is 5.69 Å². The van der Waals surface area contributed by atoms with Crippen LogP contribution in [0.15, 0.2) is 58.7 Å². The van der Waals surface area contributed by atoms with Crippen molar-refractivity contribution in [3.63, 3.8) is 0 Å². The number of nitrogens with zero attached hydrogens (tertiary/aromatic N) is 3. The van der Waals surface area contributed by atoms with Crippen molar-refractivity contribution in [3.8, 4) is 11.6 Å². The maximum Gasteiger partial charge on any atom is 0.224 e. The third-order valence-electron chi connectivity index (χ3n) is 4.48. The topological polar surface area (TPSA) is 50.4 Å². The minimum atomic E-state index is 0.142. The van der Waals surface area contributed by atoms with Crippen molar-refractivity contribution in [2.75, 3.05) is 6.26 Å². The lowest BCUT2D eigenvalue weighted by molar-refractivity contribution is 0.436. The molecule has 0 unspecified atom stereocenters. The van der Waals surface area contributed by atoms with Crippen LogP contribution in [0.4, 0.5) is 5.69 Å². The highest BCUT2D eigenvalue weighted by Gasteiger charge is 2.21. The first-order valence-corrected chi connectivity index (χ1v) is 9.60. The number of para-hydroxylation sites is 1. The van der Waals surface area contributed by atoms with Crippen molar-refractivity contribution in [2.24, 2.45) is 4.99 Å². The van der Waals surface area contributed by atoms with E-state index in [9.17, 15) is 5.11 Å². The van der Waals surface area contributed by atoms with Crippen LogP contribution >= 0.6 is 11.8 Å². The first kappa shape index (κ1) is 16.7. The van der Waals surface area contributed by atoms with Crippen LogP contribution in [0.2, 0.25) is 0 Å². The maximum absolute atomic E-state index is 10.9. The van der Waals surface area contributed by atoms with E-state index in [4.69, 9.17) is 0 Å². The number of fused-ring (bicyclic) bond motifs is 1. The highest BCUT2D eigenvalue weighted by atomic mass is 32.2. The fourth-order valence-corrected chi connectivity index (χ4v) is 3.69. The molecule has 0 radical (unpaired) electrons. The number of imidazole rings is 1. The largest absolute Gasteiger partial charge is 0.493 e. The number of allylic oxidation sites excluding steroid dienone is 1. The van der Waals surface area contributed by atoms with Crippen molar-refractivity contribution in [3.05, 3.63) is 65.4 Å². The predicted molar refractivity (Wildman–Crippen MR) is 109 cm³/mol. The molecule has 4 rings (SSSR count). The predicted octanol–water partition coefficient (Wildman–Crippen LogP) is 5.25. The molecule has 1 N–H and O–H groups in total. The molecule has 0 atom stereocenters. The second kappa shape index (κ2) is 6.50. The van der Waals surface area contributed by atoms with Gasteiger partial charge < -0.3 is 5.11 Å². The molecule has 1 aromatic heterocycles. The Morgan fingerprint density at radius 3 is 2.50 bits per heavy atom. The first-order valence-electron chi connectivity index (χ1n) is 8.38.